The van der Waals surface area contributed by atoms with Gasteiger partial charge in [0, 0.05) is 32.2 Å². The van der Waals surface area contributed by atoms with E-state index >= 15 is 0 Å². The van der Waals surface area contributed by atoms with E-state index in [-0.39, 0.29) is 5.56 Å². The number of hydrogen-bond donors (Lipinski definition) is 1. The first kappa shape index (κ1) is 13.8. The number of rotatable bonds is 6. The second kappa shape index (κ2) is 7.06. The van der Waals surface area contributed by atoms with Gasteiger partial charge >= 0.3 is 0 Å². The van der Waals surface area contributed by atoms with Gasteiger partial charge in [-0.15, -0.1) is 6.58 Å². The highest BCUT2D eigenvalue weighted by Gasteiger charge is 2.12. The molecule has 0 unspecified atom stereocenters. The number of hydrogen-bond acceptors (Lipinski definition) is 5. The molecule has 0 spiro atoms. The minimum absolute atomic E-state index is 0.0654. The Morgan fingerprint density at radius 2 is 2.26 bits per heavy atom. The number of nitrogens with zero attached hydrogens (tertiary/aromatic N) is 3. The van der Waals surface area contributed by atoms with Crippen molar-refractivity contribution >= 4 is 5.69 Å². The molecule has 1 saturated heterocycles. The zero-order valence-corrected chi connectivity index (χ0v) is 11.0. The standard InChI is InChI=1S/C13H20N4O2/c1-2-3-14-4-5-17-13(18)10-12(11-15-17)16-6-8-19-9-7-16/h2,10-11,14H,1,3-9H2. The number of ether oxygens (including phenoxy) is 1. The van der Waals surface area contributed by atoms with Crippen molar-refractivity contribution in [3.05, 3.63) is 35.3 Å². The summed E-state index contributed by atoms with van der Waals surface area (Å²) in [6.07, 6.45) is 3.54. The summed E-state index contributed by atoms with van der Waals surface area (Å²) in [7, 11) is 0. The Hall–Kier alpha value is -1.66. The molecule has 0 amide bonds. The van der Waals surface area contributed by atoms with E-state index < -0.39 is 0 Å². The molecule has 19 heavy (non-hydrogen) atoms. The van der Waals surface area contributed by atoms with Gasteiger partial charge in [0.25, 0.3) is 5.56 Å². The number of morpholine rings is 1. The van der Waals surface area contributed by atoms with E-state index in [1.807, 2.05) is 0 Å². The van der Waals surface area contributed by atoms with E-state index in [4.69, 9.17) is 4.74 Å². The Balaban J connectivity index is 1.96. The molecule has 2 heterocycles. The van der Waals surface area contributed by atoms with E-state index in [0.29, 0.717) is 26.3 Å². The highest BCUT2D eigenvalue weighted by molar-refractivity contribution is 5.43. The Morgan fingerprint density at radius 3 is 2.95 bits per heavy atom. The topological polar surface area (TPSA) is 59.4 Å². The van der Waals surface area contributed by atoms with Crippen molar-refractivity contribution < 1.29 is 4.74 Å². The van der Waals surface area contributed by atoms with Gasteiger partial charge < -0.3 is 15.0 Å². The van der Waals surface area contributed by atoms with Gasteiger partial charge in [0.1, 0.15) is 0 Å². The molecular formula is C13H20N4O2. The van der Waals surface area contributed by atoms with Gasteiger partial charge in [-0.2, -0.15) is 5.10 Å². The van der Waals surface area contributed by atoms with Gasteiger partial charge in [-0.3, -0.25) is 4.79 Å². The molecule has 0 aliphatic carbocycles. The predicted octanol–water partition coefficient (Wildman–Crippen LogP) is -0.144. The zero-order valence-electron chi connectivity index (χ0n) is 11.0. The predicted molar refractivity (Wildman–Crippen MR) is 74.6 cm³/mol. The van der Waals surface area contributed by atoms with Crippen LogP contribution in [0.3, 0.4) is 0 Å². The SMILES string of the molecule is C=CCNCCn1ncc(N2CCOCC2)cc1=O. The zero-order chi connectivity index (χ0) is 13.5. The molecule has 0 saturated carbocycles. The summed E-state index contributed by atoms with van der Waals surface area (Å²) >= 11 is 0. The third kappa shape index (κ3) is 3.90. The molecule has 1 aromatic rings. The fraction of sp³-hybridized carbons (Fsp3) is 0.538. The lowest BCUT2D eigenvalue weighted by Gasteiger charge is -2.28. The first-order chi connectivity index (χ1) is 9.31. The first-order valence-corrected chi connectivity index (χ1v) is 6.53. The highest BCUT2D eigenvalue weighted by Crippen LogP contribution is 2.11. The quantitative estimate of drug-likeness (QED) is 0.572. The first-order valence-electron chi connectivity index (χ1n) is 6.53. The van der Waals surface area contributed by atoms with Gasteiger partial charge in [-0.1, -0.05) is 6.08 Å². The van der Waals surface area contributed by atoms with Crippen LogP contribution in [0, 0.1) is 0 Å². The highest BCUT2D eigenvalue weighted by atomic mass is 16.5. The fourth-order valence-electron chi connectivity index (χ4n) is 1.98. The van der Waals surface area contributed by atoms with Gasteiger partial charge in [-0.25, -0.2) is 4.68 Å². The lowest BCUT2D eigenvalue weighted by Crippen LogP contribution is -2.37. The fourth-order valence-corrected chi connectivity index (χ4v) is 1.98. The van der Waals surface area contributed by atoms with Gasteiger partial charge in [0.05, 0.1) is 31.6 Å². The summed E-state index contributed by atoms with van der Waals surface area (Å²) in [5, 5.41) is 7.35. The second-order valence-electron chi connectivity index (χ2n) is 4.37. The maximum Gasteiger partial charge on any atom is 0.268 e. The molecule has 104 valence electrons. The molecule has 6 heteroatoms. The molecule has 0 bridgehead atoms. The van der Waals surface area contributed by atoms with Crippen LogP contribution in [0.4, 0.5) is 5.69 Å². The number of aromatic nitrogens is 2. The summed E-state index contributed by atoms with van der Waals surface area (Å²) in [4.78, 5) is 14.1. The molecular weight excluding hydrogens is 244 g/mol. The van der Waals surface area contributed by atoms with Crippen LogP contribution >= 0.6 is 0 Å². The van der Waals surface area contributed by atoms with Crippen molar-refractivity contribution in [2.24, 2.45) is 0 Å². The third-order valence-electron chi connectivity index (χ3n) is 3.02. The molecule has 1 aliphatic rings. The maximum absolute atomic E-state index is 11.9. The van der Waals surface area contributed by atoms with Crippen molar-refractivity contribution in [3.8, 4) is 0 Å². The summed E-state index contributed by atoms with van der Waals surface area (Å²) in [5.41, 5.74) is 0.813. The number of nitrogens with one attached hydrogen (secondary N) is 1. The molecule has 0 atom stereocenters. The molecule has 1 aliphatic heterocycles. The molecule has 0 aromatic carbocycles. The van der Waals surface area contributed by atoms with Crippen LogP contribution in [0.25, 0.3) is 0 Å². The largest absolute Gasteiger partial charge is 0.378 e. The van der Waals surface area contributed by atoms with E-state index in [1.165, 1.54) is 4.68 Å². The molecule has 2 rings (SSSR count). The van der Waals surface area contributed by atoms with Crippen molar-refractivity contribution in [1.82, 2.24) is 15.1 Å². The summed E-state index contributed by atoms with van der Waals surface area (Å²) in [6.45, 7) is 8.66. The van der Waals surface area contributed by atoms with Crippen LogP contribution in [0.5, 0.6) is 0 Å². The van der Waals surface area contributed by atoms with Gasteiger partial charge in [0.2, 0.25) is 0 Å². The smallest absolute Gasteiger partial charge is 0.268 e. The summed E-state index contributed by atoms with van der Waals surface area (Å²) in [5.74, 6) is 0. The van der Waals surface area contributed by atoms with Crippen LogP contribution in [0.15, 0.2) is 29.7 Å². The number of anilines is 1. The van der Waals surface area contributed by atoms with E-state index in [9.17, 15) is 4.79 Å². The normalized spacial score (nSPS) is 15.5. The molecule has 1 fully saturated rings. The minimum Gasteiger partial charge on any atom is -0.378 e. The summed E-state index contributed by atoms with van der Waals surface area (Å²) in [6, 6.07) is 1.64. The Kier molecular flexibility index (Phi) is 5.11. The summed E-state index contributed by atoms with van der Waals surface area (Å²) < 4.78 is 6.76. The van der Waals surface area contributed by atoms with Crippen molar-refractivity contribution in [2.75, 3.05) is 44.3 Å². The van der Waals surface area contributed by atoms with Crippen molar-refractivity contribution in [2.45, 2.75) is 6.54 Å². The minimum atomic E-state index is -0.0654. The van der Waals surface area contributed by atoms with E-state index in [2.05, 4.69) is 21.9 Å². The monoisotopic (exact) mass is 264 g/mol. The molecule has 1 N–H and O–H groups in total. The third-order valence-corrected chi connectivity index (χ3v) is 3.02. The molecule has 0 radical (unpaired) electrons. The molecule has 6 nitrogen and oxygen atoms in total. The van der Waals surface area contributed by atoms with Gasteiger partial charge in [-0.05, 0) is 0 Å². The lowest BCUT2D eigenvalue weighted by molar-refractivity contribution is 0.122. The Morgan fingerprint density at radius 1 is 1.47 bits per heavy atom. The second-order valence-corrected chi connectivity index (χ2v) is 4.37. The van der Waals surface area contributed by atoms with Crippen LogP contribution in [0.2, 0.25) is 0 Å². The van der Waals surface area contributed by atoms with Crippen LogP contribution < -0.4 is 15.8 Å². The van der Waals surface area contributed by atoms with Crippen LogP contribution in [0.1, 0.15) is 0 Å². The van der Waals surface area contributed by atoms with Gasteiger partial charge in [0.15, 0.2) is 0 Å². The van der Waals surface area contributed by atoms with Crippen LogP contribution in [-0.2, 0) is 11.3 Å². The molecule has 1 aromatic heterocycles. The average Bonchev–Trinajstić information content (AvgIpc) is 2.46. The Labute approximate surface area is 112 Å². The van der Waals surface area contributed by atoms with Crippen LogP contribution in [-0.4, -0.2) is 49.2 Å². The Bertz CT molecular complexity index is 466. The van der Waals surface area contributed by atoms with Crippen molar-refractivity contribution in [1.29, 1.82) is 0 Å². The van der Waals surface area contributed by atoms with E-state index in [0.717, 1.165) is 25.3 Å². The maximum atomic E-state index is 11.9. The lowest BCUT2D eigenvalue weighted by atomic mass is 10.3. The van der Waals surface area contributed by atoms with Crippen molar-refractivity contribution in [3.63, 3.8) is 0 Å². The average molecular weight is 264 g/mol. The van der Waals surface area contributed by atoms with E-state index in [1.54, 1.807) is 18.3 Å².